The van der Waals surface area contributed by atoms with Gasteiger partial charge in [-0.25, -0.2) is 4.39 Å². The van der Waals surface area contributed by atoms with Crippen LogP contribution in [-0.4, -0.2) is 6.04 Å². The number of rotatable bonds is 7. The highest BCUT2D eigenvalue weighted by Crippen LogP contribution is 2.24. The van der Waals surface area contributed by atoms with E-state index in [1.807, 2.05) is 18.2 Å². The van der Waals surface area contributed by atoms with E-state index in [1.165, 1.54) is 12.1 Å². The van der Waals surface area contributed by atoms with Gasteiger partial charge in [-0.05, 0) is 49.2 Å². The average molecular weight is 322 g/mol. The van der Waals surface area contributed by atoms with Crippen molar-refractivity contribution in [3.63, 3.8) is 0 Å². The van der Waals surface area contributed by atoms with E-state index >= 15 is 0 Å². The lowest BCUT2D eigenvalue weighted by Gasteiger charge is -2.15. The third-order valence-corrected chi connectivity index (χ3v) is 3.82. The lowest BCUT2D eigenvalue weighted by Crippen LogP contribution is -2.24. The molecule has 2 rings (SSSR count). The Balaban J connectivity index is 2.04. The summed E-state index contributed by atoms with van der Waals surface area (Å²) in [5, 5.41) is 4.12. The van der Waals surface area contributed by atoms with Gasteiger partial charge in [-0.15, -0.1) is 0 Å². The van der Waals surface area contributed by atoms with Crippen LogP contribution >= 0.6 is 11.6 Å². The van der Waals surface area contributed by atoms with E-state index in [1.54, 1.807) is 12.1 Å². The van der Waals surface area contributed by atoms with E-state index in [9.17, 15) is 4.39 Å². The Hall–Kier alpha value is -1.58. The summed E-state index contributed by atoms with van der Waals surface area (Å²) in [7, 11) is 0. The van der Waals surface area contributed by atoms with Crippen LogP contribution in [0.5, 0.6) is 5.75 Å². The molecule has 0 bridgehead atoms. The van der Waals surface area contributed by atoms with Gasteiger partial charge in [-0.1, -0.05) is 30.7 Å². The first-order valence-electron chi connectivity index (χ1n) is 7.47. The summed E-state index contributed by atoms with van der Waals surface area (Å²) >= 11 is 6.08. The molecule has 0 heterocycles. The number of hydrogen-bond acceptors (Lipinski definition) is 2. The molecule has 0 unspecified atom stereocenters. The van der Waals surface area contributed by atoms with Crippen LogP contribution in [0.25, 0.3) is 0 Å². The molecule has 2 nitrogen and oxygen atoms in total. The third-order valence-electron chi connectivity index (χ3n) is 3.58. The zero-order valence-corrected chi connectivity index (χ0v) is 13.7. The molecule has 1 N–H and O–H groups in total. The summed E-state index contributed by atoms with van der Waals surface area (Å²) in [6.45, 7) is 5.39. The Labute approximate surface area is 136 Å². The van der Waals surface area contributed by atoms with Gasteiger partial charge in [0.25, 0.3) is 0 Å². The van der Waals surface area contributed by atoms with Crippen LogP contribution in [0.15, 0.2) is 42.5 Å². The van der Waals surface area contributed by atoms with Crippen LogP contribution in [-0.2, 0) is 13.2 Å². The second-order valence-electron chi connectivity index (χ2n) is 5.36. The highest BCUT2D eigenvalue weighted by atomic mass is 35.5. The fraction of sp³-hybridized carbons (Fsp3) is 0.333. The van der Waals surface area contributed by atoms with Gasteiger partial charge in [0, 0.05) is 23.2 Å². The van der Waals surface area contributed by atoms with E-state index in [0.717, 1.165) is 23.3 Å². The zero-order valence-electron chi connectivity index (χ0n) is 12.9. The molecule has 0 spiro atoms. The van der Waals surface area contributed by atoms with Gasteiger partial charge in [0.15, 0.2) is 0 Å². The maximum atomic E-state index is 12.9. The number of benzene rings is 2. The van der Waals surface area contributed by atoms with Crippen molar-refractivity contribution in [1.82, 2.24) is 5.32 Å². The van der Waals surface area contributed by atoms with Crippen molar-refractivity contribution >= 4 is 11.6 Å². The SMILES string of the molecule is CC[C@H](C)NCc1cc(Cl)ccc1OCc1ccc(F)cc1. The summed E-state index contributed by atoms with van der Waals surface area (Å²) in [6.07, 6.45) is 1.06. The molecule has 0 aliphatic rings. The Bertz CT molecular complexity index is 601. The summed E-state index contributed by atoms with van der Waals surface area (Å²) < 4.78 is 18.8. The number of hydrogen-bond donors (Lipinski definition) is 1. The highest BCUT2D eigenvalue weighted by molar-refractivity contribution is 6.30. The van der Waals surface area contributed by atoms with Crippen LogP contribution in [0, 0.1) is 5.82 Å². The molecule has 0 fully saturated rings. The Morgan fingerprint density at radius 2 is 1.91 bits per heavy atom. The smallest absolute Gasteiger partial charge is 0.124 e. The predicted octanol–water partition coefficient (Wildman–Crippen LogP) is 4.95. The number of ether oxygens (including phenoxy) is 1. The summed E-state index contributed by atoms with van der Waals surface area (Å²) in [5.74, 6) is 0.554. The van der Waals surface area contributed by atoms with Crippen molar-refractivity contribution in [3.8, 4) is 5.75 Å². The number of halogens is 2. The van der Waals surface area contributed by atoms with Gasteiger partial charge < -0.3 is 10.1 Å². The molecule has 0 aliphatic carbocycles. The minimum Gasteiger partial charge on any atom is -0.489 e. The van der Waals surface area contributed by atoms with Crippen LogP contribution in [0.4, 0.5) is 4.39 Å². The molecule has 0 saturated carbocycles. The first-order chi connectivity index (χ1) is 10.6. The third kappa shape index (κ3) is 5.00. The molecule has 2 aromatic rings. The van der Waals surface area contributed by atoms with Crippen molar-refractivity contribution in [1.29, 1.82) is 0 Å². The highest BCUT2D eigenvalue weighted by Gasteiger charge is 2.07. The molecule has 0 amide bonds. The molecule has 0 saturated heterocycles. The largest absolute Gasteiger partial charge is 0.489 e. The molecular weight excluding hydrogens is 301 g/mol. The van der Waals surface area contributed by atoms with Crippen molar-refractivity contribution in [2.75, 3.05) is 0 Å². The second-order valence-corrected chi connectivity index (χ2v) is 5.79. The van der Waals surface area contributed by atoms with Gasteiger partial charge in [0.2, 0.25) is 0 Å². The topological polar surface area (TPSA) is 21.3 Å². The Morgan fingerprint density at radius 1 is 1.18 bits per heavy atom. The van der Waals surface area contributed by atoms with Gasteiger partial charge in [-0.3, -0.25) is 0 Å². The maximum Gasteiger partial charge on any atom is 0.124 e. The zero-order chi connectivity index (χ0) is 15.9. The quantitative estimate of drug-likeness (QED) is 0.779. The van der Waals surface area contributed by atoms with Crippen LogP contribution in [0.1, 0.15) is 31.4 Å². The van der Waals surface area contributed by atoms with E-state index in [2.05, 4.69) is 19.2 Å². The van der Waals surface area contributed by atoms with Crippen molar-refractivity contribution in [2.45, 2.75) is 39.5 Å². The molecular formula is C18H21ClFNO. The van der Waals surface area contributed by atoms with Crippen molar-refractivity contribution in [3.05, 3.63) is 64.4 Å². The second kappa shape index (κ2) is 8.16. The standard InChI is InChI=1S/C18H21ClFNO/c1-3-13(2)21-11-15-10-16(19)6-9-18(15)22-12-14-4-7-17(20)8-5-14/h4-10,13,21H,3,11-12H2,1-2H3/t13-/m0/s1. The van der Waals surface area contributed by atoms with Crippen LogP contribution in [0.2, 0.25) is 5.02 Å². The fourth-order valence-corrected chi connectivity index (χ4v) is 2.19. The Morgan fingerprint density at radius 3 is 2.59 bits per heavy atom. The molecule has 0 radical (unpaired) electrons. The van der Waals surface area contributed by atoms with Gasteiger partial charge >= 0.3 is 0 Å². The molecule has 118 valence electrons. The van der Waals surface area contributed by atoms with E-state index in [0.29, 0.717) is 24.2 Å². The molecule has 2 aromatic carbocycles. The first kappa shape index (κ1) is 16.8. The first-order valence-corrected chi connectivity index (χ1v) is 7.85. The number of nitrogens with one attached hydrogen (secondary N) is 1. The fourth-order valence-electron chi connectivity index (χ4n) is 2.00. The Kier molecular flexibility index (Phi) is 6.22. The molecule has 0 aromatic heterocycles. The monoisotopic (exact) mass is 321 g/mol. The summed E-state index contributed by atoms with van der Waals surface area (Å²) in [5.41, 5.74) is 1.95. The average Bonchev–Trinajstić information content (AvgIpc) is 2.53. The van der Waals surface area contributed by atoms with E-state index in [-0.39, 0.29) is 5.82 Å². The molecule has 22 heavy (non-hydrogen) atoms. The molecule has 1 atom stereocenters. The normalized spacial score (nSPS) is 12.2. The van der Waals surface area contributed by atoms with Crippen molar-refractivity contribution in [2.24, 2.45) is 0 Å². The molecule has 0 aliphatic heterocycles. The van der Waals surface area contributed by atoms with E-state index in [4.69, 9.17) is 16.3 Å². The summed E-state index contributed by atoms with van der Waals surface area (Å²) in [4.78, 5) is 0. The van der Waals surface area contributed by atoms with Crippen molar-refractivity contribution < 1.29 is 9.13 Å². The van der Waals surface area contributed by atoms with Crippen LogP contribution < -0.4 is 10.1 Å². The molecule has 4 heteroatoms. The predicted molar refractivity (Wildman–Crippen MR) is 88.8 cm³/mol. The van der Waals surface area contributed by atoms with Gasteiger partial charge in [0.05, 0.1) is 0 Å². The summed E-state index contributed by atoms with van der Waals surface area (Å²) in [6, 6.07) is 12.4. The lowest BCUT2D eigenvalue weighted by molar-refractivity contribution is 0.301. The van der Waals surface area contributed by atoms with Gasteiger partial charge in [-0.2, -0.15) is 0 Å². The van der Waals surface area contributed by atoms with E-state index < -0.39 is 0 Å². The minimum absolute atomic E-state index is 0.242. The maximum absolute atomic E-state index is 12.9. The lowest BCUT2D eigenvalue weighted by atomic mass is 10.1. The minimum atomic E-state index is -0.242. The van der Waals surface area contributed by atoms with Crippen LogP contribution in [0.3, 0.4) is 0 Å². The van der Waals surface area contributed by atoms with Gasteiger partial charge in [0.1, 0.15) is 18.2 Å².